The molecule has 0 radical (unpaired) electrons. The Morgan fingerprint density at radius 1 is 1.48 bits per heavy atom. The minimum atomic E-state index is 0.142. The molecule has 3 heterocycles. The summed E-state index contributed by atoms with van der Waals surface area (Å²) < 4.78 is 0. The van der Waals surface area contributed by atoms with Crippen LogP contribution >= 0.6 is 11.3 Å². The highest BCUT2D eigenvalue weighted by Gasteiger charge is 2.29. The predicted octanol–water partition coefficient (Wildman–Crippen LogP) is 2.78. The molecule has 1 N–H and O–H groups in total. The number of aryl methyl sites for hydroxylation is 2. The second kappa shape index (κ2) is 5.97. The predicted molar refractivity (Wildman–Crippen MR) is 82.2 cm³/mol. The lowest BCUT2D eigenvalue weighted by molar-refractivity contribution is -0.134. The molecule has 1 unspecified atom stereocenters. The van der Waals surface area contributed by atoms with Gasteiger partial charge < -0.3 is 4.90 Å². The Bertz CT molecular complexity index is 620. The molecule has 1 fully saturated rings. The van der Waals surface area contributed by atoms with Crippen LogP contribution in [0.25, 0.3) is 0 Å². The average molecular weight is 304 g/mol. The number of carbonyl (C=O) groups excluding carboxylic acids is 1. The van der Waals surface area contributed by atoms with Crippen LogP contribution in [0.2, 0.25) is 0 Å². The van der Waals surface area contributed by atoms with Gasteiger partial charge >= 0.3 is 0 Å². The monoisotopic (exact) mass is 304 g/mol. The van der Waals surface area contributed by atoms with Gasteiger partial charge in [0, 0.05) is 17.6 Å². The standard InChI is InChI=1S/C15H20N4OS/c1-10-14(21-11(2)17-10)9-15(20)19-8-4-3-5-13(19)12-6-7-16-18-12/h6-7,13H,3-5,8-9H2,1-2H3,(H,16,18). The van der Waals surface area contributed by atoms with Crippen LogP contribution in [0.5, 0.6) is 0 Å². The van der Waals surface area contributed by atoms with E-state index in [1.165, 1.54) is 0 Å². The van der Waals surface area contributed by atoms with Gasteiger partial charge in [-0.1, -0.05) is 0 Å². The summed E-state index contributed by atoms with van der Waals surface area (Å²) in [5, 5.41) is 8.07. The number of nitrogens with zero attached hydrogens (tertiary/aromatic N) is 3. The highest BCUT2D eigenvalue weighted by Crippen LogP contribution is 2.30. The van der Waals surface area contributed by atoms with Crippen molar-refractivity contribution in [2.24, 2.45) is 0 Å². The van der Waals surface area contributed by atoms with E-state index in [-0.39, 0.29) is 11.9 Å². The van der Waals surface area contributed by atoms with E-state index < -0.39 is 0 Å². The normalized spacial score (nSPS) is 19.0. The number of rotatable bonds is 3. The molecule has 0 saturated carbocycles. The minimum Gasteiger partial charge on any atom is -0.334 e. The first-order chi connectivity index (χ1) is 10.1. The van der Waals surface area contributed by atoms with Crippen LogP contribution in [-0.2, 0) is 11.2 Å². The quantitative estimate of drug-likeness (QED) is 0.948. The molecule has 1 aliphatic heterocycles. The molecule has 6 heteroatoms. The molecule has 2 aromatic rings. The lowest BCUT2D eigenvalue weighted by Gasteiger charge is -2.35. The summed E-state index contributed by atoms with van der Waals surface area (Å²) in [5.41, 5.74) is 2.03. The lowest BCUT2D eigenvalue weighted by atomic mass is 9.99. The molecule has 0 spiro atoms. The summed E-state index contributed by atoms with van der Waals surface area (Å²) >= 11 is 1.63. The number of piperidine rings is 1. The van der Waals surface area contributed by atoms with Gasteiger partial charge in [-0.3, -0.25) is 9.89 Å². The molecule has 0 bridgehead atoms. The zero-order chi connectivity index (χ0) is 14.8. The van der Waals surface area contributed by atoms with Gasteiger partial charge in [-0.05, 0) is 39.2 Å². The summed E-state index contributed by atoms with van der Waals surface area (Å²) in [4.78, 5) is 20.2. The van der Waals surface area contributed by atoms with Crippen molar-refractivity contribution in [3.05, 3.63) is 33.5 Å². The van der Waals surface area contributed by atoms with E-state index in [0.717, 1.165) is 47.1 Å². The van der Waals surface area contributed by atoms with E-state index in [4.69, 9.17) is 0 Å². The van der Waals surface area contributed by atoms with Crippen LogP contribution in [0.3, 0.4) is 0 Å². The number of thiazole rings is 1. The van der Waals surface area contributed by atoms with Crippen LogP contribution in [-0.4, -0.2) is 32.5 Å². The van der Waals surface area contributed by atoms with Crippen LogP contribution in [0.4, 0.5) is 0 Å². The molecule has 1 amide bonds. The van der Waals surface area contributed by atoms with Crippen LogP contribution in [0, 0.1) is 13.8 Å². The van der Waals surface area contributed by atoms with E-state index in [1.54, 1.807) is 17.5 Å². The van der Waals surface area contributed by atoms with Gasteiger partial charge in [0.25, 0.3) is 0 Å². The van der Waals surface area contributed by atoms with Crippen molar-refractivity contribution in [1.29, 1.82) is 0 Å². The number of hydrogen-bond acceptors (Lipinski definition) is 4. The summed E-state index contributed by atoms with van der Waals surface area (Å²) in [6, 6.07) is 2.11. The maximum absolute atomic E-state index is 12.7. The Morgan fingerprint density at radius 3 is 3.00 bits per heavy atom. The zero-order valence-corrected chi connectivity index (χ0v) is 13.2. The van der Waals surface area contributed by atoms with E-state index in [1.807, 2.05) is 24.8 Å². The summed E-state index contributed by atoms with van der Waals surface area (Å²) in [5.74, 6) is 0.195. The number of likely N-dealkylation sites (tertiary alicyclic amines) is 1. The first-order valence-electron chi connectivity index (χ1n) is 7.37. The molecule has 1 atom stereocenters. The molecule has 112 valence electrons. The fourth-order valence-corrected chi connectivity index (χ4v) is 3.91. The average Bonchev–Trinajstić information content (AvgIpc) is 3.09. The molecular formula is C15H20N4OS. The van der Waals surface area contributed by atoms with Gasteiger partial charge in [-0.15, -0.1) is 11.3 Å². The Kier molecular flexibility index (Phi) is 4.05. The minimum absolute atomic E-state index is 0.142. The van der Waals surface area contributed by atoms with Crippen LogP contribution in [0.15, 0.2) is 12.3 Å². The topological polar surface area (TPSA) is 61.9 Å². The number of aromatic nitrogens is 3. The summed E-state index contributed by atoms with van der Waals surface area (Å²) in [7, 11) is 0. The van der Waals surface area contributed by atoms with Crippen molar-refractivity contribution >= 4 is 17.2 Å². The number of H-pyrrole nitrogens is 1. The van der Waals surface area contributed by atoms with Gasteiger partial charge in [-0.25, -0.2) is 4.98 Å². The number of hydrogen-bond donors (Lipinski definition) is 1. The molecule has 21 heavy (non-hydrogen) atoms. The van der Waals surface area contributed by atoms with Crippen molar-refractivity contribution in [2.45, 2.75) is 45.6 Å². The van der Waals surface area contributed by atoms with Crippen molar-refractivity contribution in [1.82, 2.24) is 20.1 Å². The fourth-order valence-electron chi connectivity index (χ4n) is 2.98. The highest BCUT2D eigenvalue weighted by molar-refractivity contribution is 7.11. The second-order valence-corrected chi connectivity index (χ2v) is 6.82. The lowest BCUT2D eigenvalue weighted by Crippen LogP contribution is -2.39. The van der Waals surface area contributed by atoms with Crippen molar-refractivity contribution in [3.8, 4) is 0 Å². The number of amides is 1. The first-order valence-corrected chi connectivity index (χ1v) is 8.18. The fraction of sp³-hybridized carbons (Fsp3) is 0.533. The van der Waals surface area contributed by atoms with Crippen molar-refractivity contribution in [3.63, 3.8) is 0 Å². The van der Waals surface area contributed by atoms with Gasteiger partial charge in [0.05, 0.1) is 28.9 Å². The molecular weight excluding hydrogens is 284 g/mol. The maximum Gasteiger partial charge on any atom is 0.228 e. The largest absolute Gasteiger partial charge is 0.334 e. The van der Waals surface area contributed by atoms with E-state index in [2.05, 4.69) is 15.2 Å². The zero-order valence-electron chi connectivity index (χ0n) is 12.4. The van der Waals surface area contributed by atoms with Gasteiger partial charge in [0.2, 0.25) is 5.91 Å². The SMILES string of the molecule is Cc1nc(C)c(CC(=O)N2CCCCC2c2ccn[nH]2)s1. The van der Waals surface area contributed by atoms with Crippen LogP contribution in [0.1, 0.15) is 46.6 Å². The molecule has 1 saturated heterocycles. The van der Waals surface area contributed by atoms with Crippen LogP contribution < -0.4 is 0 Å². The van der Waals surface area contributed by atoms with Gasteiger partial charge in [0.1, 0.15) is 0 Å². The smallest absolute Gasteiger partial charge is 0.228 e. The van der Waals surface area contributed by atoms with Gasteiger partial charge in [0.15, 0.2) is 0 Å². The van der Waals surface area contributed by atoms with Crippen molar-refractivity contribution in [2.75, 3.05) is 6.54 Å². The number of aromatic amines is 1. The third-order valence-corrected chi connectivity index (χ3v) is 5.09. The summed E-state index contributed by atoms with van der Waals surface area (Å²) in [6.45, 7) is 4.80. The highest BCUT2D eigenvalue weighted by atomic mass is 32.1. The second-order valence-electron chi connectivity index (χ2n) is 5.53. The molecule has 5 nitrogen and oxygen atoms in total. The third kappa shape index (κ3) is 3.00. The summed E-state index contributed by atoms with van der Waals surface area (Å²) in [6.07, 6.45) is 5.46. The number of nitrogens with one attached hydrogen (secondary N) is 1. The molecule has 2 aromatic heterocycles. The van der Waals surface area contributed by atoms with E-state index in [9.17, 15) is 4.79 Å². The third-order valence-electron chi connectivity index (χ3n) is 4.02. The Balaban J connectivity index is 1.77. The van der Waals surface area contributed by atoms with E-state index >= 15 is 0 Å². The molecule has 0 aliphatic carbocycles. The Morgan fingerprint density at radius 2 is 2.33 bits per heavy atom. The maximum atomic E-state index is 12.7. The molecule has 0 aromatic carbocycles. The first kappa shape index (κ1) is 14.3. The number of carbonyl (C=O) groups is 1. The Labute approximate surface area is 128 Å². The van der Waals surface area contributed by atoms with Crippen molar-refractivity contribution < 1.29 is 4.79 Å². The molecule has 3 rings (SSSR count). The Hall–Kier alpha value is -1.69. The molecule has 1 aliphatic rings. The van der Waals surface area contributed by atoms with E-state index in [0.29, 0.717) is 6.42 Å². The van der Waals surface area contributed by atoms with Gasteiger partial charge in [-0.2, -0.15) is 5.10 Å².